The fraction of sp³-hybridized carbons (Fsp3) is 0.0204. The molecule has 1 amide bonds. The fourth-order valence-corrected chi connectivity index (χ4v) is 8.18. The number of anilines is 2. The number of benzene rings is 6. The summed E-state index contributed by atoms with van der Waals surface area (Å²) in [6, 6.07) is 48.0. The number of fused-ring (bicyclic) bond motifs is 6. The molecule has 2 N–H and O–H groups in total. The first-order valence-electron chi connectivity index (χ1n) is 18.3. The van der Waals surface area contributed by atoms with Crippen molar-refractivity contribution in [1.29, 1.82) is 0 Å². The molecule has 55 heavy (non-hydrogen) atoms. The van der Waals surface area contributed by atoms with Gasteiger partial charge in [0.25, 0.3) is 5.91 Å². The van der Waals surface area contributed by atoms with E-state index in [0.717, 1.165) is 77.7 Å². The molecule has 6 heteroatoms. The Labute approximate surface area is 317 Å². The monoisotopic (exact) mass is 709 g/mol. The quantitative estimate of drug-likeness (QED) is 0.143. The van der Waals surface area contributed by atoms with Gasteiger partial charge in [0.05, 0.1) is 33.3 Å². The minimum atomic E-state index is -0.346. The van der Waals surface area contributed by atoms with Gasteiger partial charge in [0.2, 0.25) is 16.9 Å². The number of carbonyl (C=O) groups excluding carboxylic acids is 1. The maximum Gasteiger partial charge on any atom is 0.279 e. The van der Waals surface area contributed by atoms with Gasteiger partial charge >= 0.3 is 0 Å². The normalized spacial score (nSPS) is 17.0. The SMILES string of the molecule is CN1c2ccccc2C(=C(O)N=C2C=Cc3ccccc3C2=C2C(=NC(=O)c3c4ccccc4[nH+]c4ccccc34)C=Cc3ccccc32)c2ccccc21. The molecule has 0 saturated heterocycles. The number of aliphatic imine (C=N–C) groups is 2. The summed E-state index contributed by atoms with van der Waals surface area (Å²) in [5.41, 5.74) is 13.1. The highest BCUT2D eigenvalue weighted by Gasteiger charge is 2.30. The molecule has 0 radical (unpaired) electrons. The van der Waals surface area contributed by atoms with Crippen LogP contribution in [0.25, 0.3) is 50.7 Å². The molecule has 7 aromatic rings. The van der Waals surface area contributed by atoms with E-state index in [4.69, 9.17) is 9.98 Å². The van der Waals surface area contributed by atoms with Crippen LogP contribution < -0.4 is 9.88 Å². The van der Waals surface area contributed by atoms with E-state index in [1.54, 1.807) is 0 Å². The maximum absolute atomic E-state index is 14.7. The average molecular weight is 710 g/mol. The first-order valence-corrected chi connectivity index (χ1v) is 18.3. The predicted octanol–water partition coefficient (Wildman–Crippen LogP) is 10.6. The minimum absolute atomic E-state index is 0.0993. The largest absolute Gasteiger partial charge is 0.493 e. The number of nitrogens with zero attached hydrogens (tertiary/aromatic N) is 3. The first kappa shape index (κ1) is 32.2. The Hall–Kier alpha value is -7.44. The Balaban J connectivity index is 1.25. The third-order valence-corrected chi connectivity index (χ3v) is 10.7. The average Bonchev–Trinajstić information content (AvgIpc) is 3.23. The van der Waals surface area contributed by atoms with Crippen molar-refractivity contribution in [2.45, 2.75) is 0 Å². The molecule has 10 rings (SSSR count). The molecule has 0 atom stereocenters. The van der Waals surface area contributed by atoms with E-state index < -0.39 is 0 Å². The second kappa shape index (κ2) is 12.9. The van der Waals surface area contributed by atoms with Crippen molar-refractivity contribution < 1.29 is 14.9 Å². The fourth-order valence-electron chi connectivity index (χ4n) is 8.18. The number of pyridine rings is 1. The van der Waals surface area contributed by atoms with Crippen LogP contribution in [0.3, 0.4) is 0 Å². The highest BCUT2D eigenvalue weighted by atomic mass is 16.3. The summed E-state index contributed by atoms with van der Waals surface area (Å²) in [4.78, 5) is 30.4. The third-order valence-electron chi connectivity index (χ3n) is 10.7. The maximum atomic E-state index is 14.7. The van der Waals surface area contributed by atoms with Crippen molar-refractivity contribution in [3.63, 3.8) is 0 Å². The zero-order valence-electron chi connectivity index (χ0n) is 29.9. The lowest BCUT2D eigenvalue weighted by Gasteiger charge is -2.31. The van der Waals surface area contributed by atoms with Crippen LogP contribution in [0.1, 0.15) is 43.7 Å². The Kier molecular flexibility index (Phi) is 7.56. The number of hydrogen-bond donors (Lipinski definition) is 1. The number of carbonyl (C=O) groups is 1. The number of para-hydroxylation sites is 4. The van der Waals surface area contributed by atoms with Gasteiger partial charge in [-0.1, -0.05) is 121 Å². The lowest BCUT2D eigenvalue weighted by molar-refractivity contribution is -0.310. The van der Waals surface area contributed by atoms with E-state index in [-0.39, 0.29) is 11.8 Å². The van der Waals surface area contributed by atoms with Crippen molar-refractivity contribution in [3.05, 3.63) is 203 Å². The standard InChI is InChI=1S/C49H32N4O2/c1-53-42-24-12-8-20-36(42)45(37-21-9-13-25-43(37)53)49(55)52-41-29-27-31-15-3-5-17-33(31)47(41)46-32-16-4-2-14-30(32)26-28-40(46)51-48(54)44-34-18-6-10-22-38(34)50-39-23-11-7-19-35(39)44/h2-29,55H,1H3/p+1. The number of aliphatic hydroxyl groups is 1. The molecule has 0 bridgehead atoms. The van der Waals surface area contributed by atoms with E-state index in [2.05, 4.69) is 46.3 Å². The van der Waals surface area contributed by atoms with Crippen LogP contribution in [0.5, 0.6) is 0 Å². The highest BCUT2D eigenvalue weighted by Crippen LogP contribution is 2.46. The zero-order valence-corrected chi connectivity index (χ0v) is 29.9. The molecule has 6 nitrogen and oxygen atoms in total. The molecule has 2 aliphatic carbocycles. The van der Waals surface area contributed by atoms with Crippen molar-refractivity contribution in [2.75, 3.05) is 11.9 Å². The Morgan fingerprint density at radius 2 is 0.964 bits per heavy atom. The molecule has 3 aliphatic rings. The van der Waals surface area contributed by atoms with Crippen LogP contribution in [0.4, 0.5) is 11.4 Å². The van der Waals surface area contributed by atoms with Gasteiger partial charge in [-0.15, -0.1) is 0 Å². The van der Waals surface area contributed by atoms with Crippen molar-refractivity contribution in [3.8, 4) is 0 Å². The topological polar surface area (TPSA) is 79.4 Å². The summed E-state index contributed by atoms with van der Waals surface area (Å²) in [7, 11) is 2.04. The van der Waals surface area contributed by atoms with Gasteiger partial charge < -0.3 is 10.0 Å². The van der Waals surface area contributed by atoms with Crippen molar-refractivity contribution in [1.82, 2.24) is 0 Å². The van der Waals surface area contributed by atoms with Gasteiger partial charge in [-0.05, 0) is 58.7 Å². The smallest absolute Gasteiger partial charge is 0.279 e. The van der Waals surface area contributed by atoms with Crippen LogP contribution in [-0.4, -0.2) is 29.5 Å². The zero-order chi connectivity index (χ0) is 37.0. The lowest BCUT2D eigenvalue weighted by Crippen LogP contribution is -2.19. The molecule has 2 heterocycles. The number of H-pyrrole nitrogens is 1. The summed E-state index contributed by atoms with van der Waals surface area (Å²) in [5, 5.41) is 13.8. The van der Waals surface area contributed by atoms with Crippen LogP contribution in [-0.2, 0) is 0 Å². The second-order valence-corrected chi connectivity index (χ2v) is 13.8. The van der Waals surface area contributed by atoms with E-state index in [1.807, 2.05) is 141 Å². The first-order chi connectivity index (χ1) is 27.0. The summed E-state index contributed by atoms with van der Waals surface area (Å²) in [5.74, 6) is -0.445. The molecule has 0 unspecified atom stereocenters. The number of allylic oxidation sites excluding steroid dienone is 4. The molecular formula is C49H33N4O2+. The number of hydrogen-bond acceptors (Lipinski definition) is 4. The van der Waals surface area contributed by atoms with Crippen LogP contribution in [0.15, 0.2) is 174 Å². The Morgan fingerprint density at radius 1 is 0.527 bits per heavy atom. The lowest BCUT2D eigenvalue weighted by atomic mass is 9.80. The number of rotatable bonds is 2. The molecule has 0 spiro atoms. The minimum Gasteiger partial charge on any atom is -0.493 e. The summed E-state index contributed by atoms with van der Waals surface area (Å²) in [6.45, 7) is 0. The predicted molar refractivity (Wildman–Crippen MR) is 225 cm³/mol. The third kappa shape index (κ3) is 5.26. The van der Waals surface area contributed by atoms with E-state index in [0.29, 0.717) is 22.6 Å². The number of nitrogens with one attached hydrogen (secondary N) is 1. The molecule has 260 valence electrons. The van der Waals surface area contributed by atoms with Crippen LogP contribution in [0, 0.1) is 0 Å². The molecule has 0 fully saturated rings. The van der Waals surface area contributed by atoms with Crippen LogP contribution >= 0.6 is 0 Å². The van der Waals surface area contributed by atoms with E-state index in [1.165, 1.54) is 0 Å². The Morgan fingerprint density at radius 3 is 1.51 bits per heavy atom. The van der Waals surface area contributed by atoms with Crippen molar-refractivity contribution >= 4 is 79.4 Å². The van der Waals surface area contributed by atoms with Gasteiger partial charge in [-0.2, -0.15) is 0 Å². The summed E-state index contributed by atoms with van der Waals surface area (Å²) < 4.78 is 0. The molecule has 1 aliphatic heterocycles. The van der Waals surface area contributed by atoms with Crippen LogP contribution in [0.2, 0.25) is 0 Å². The van der Waals surface area contributed by atoms with Gasteiger partial charge in [0, 0.05) is 52.8 Å². The molecule has 6 aromatic carbocycles. The van der Waals surface area contributed by atoms with Gasteiger partial charge in [-0.25, -0.2) is 15.0 Å². The molecular weight excluding hydrogens is 677 g/mol. The van der Waals surface area contributed by atoms with Gasteiger partial charge in [0.1, 0.15) is 0 Å². The summed E-state index contributed by atoms with van der Waals surface area (Å²) in [6.07, 6.45) is 7.90. The van der Waals surface area contributed by atoms with Gasteiger partial charge in [0.15, 0.2) is 0 Å². The van der Waals surface area contributed by atoms with Gasteiger partial charge in [-0.3, -0.25) is 4.79 Å². The van der Waals surface area contributed by atoms with E-state index >= 15 is 0 Å². The summed E-state index contributed by atoms with van der Waals surface area (Å²) >= 11 is 0. The highest BCUT2D eigenvalue weighted by molar-refractivity contribution is 6.50. The number of amides is 1. The number of aliphatic hydroxyl groups excluding tert-OH is 1. The number of aromatic amines is 1. The Bertz CT molecular complexity index is 2880. The molecule has 1 aromatic heterocycles. The van der Waals surface area contributed by atoms with E-state index in [9.17, 15) is 9.90 Å². The molecule has 0 saturated carbocycles. The van der Waals surface area contributed by atoms with Crippen molar-refractivity contribution in [2.24, 2.45) is 9.98 Å². The number of aromatic nitrogens is 1. The second-order valence-electron chi connectivity index (χ2n) is 13.8.